The van der Waals surface area contributed by atoms with Crippen molar-refractivity contribution in [3.05, 3.63) is 0 Å². The van der Waals surface area contributed by atoms with Gasteiger partial charge in [0.2, 0.25) is 0 Å². The number of nitrogens with two attached hydrogens (primary N) is 1. The maximum atomic E-state index is 5.47. The van der Waals surface area contributed by atoms with Gasteiger partial charge in [-0.3, -0.25) is 11.3 Å². The highest BCUT2D eigenvalue weighted by Crippen LogP contribution is 2.12. The Labute approximate surface area is 82.0 Å². The lowest BCUT2D eigenvalue weighted by Crippen LogP contribution is -2.37. The van der Waals surface area contributed by atoms with E-state index < -0.39 is 0 Å². The van der Waals surface area contributed by atoms with Crippen LogP contribution in [0, 0.1) is 11.8 Å². The first-order valence-corrected chi connectivity index (χ1v) is 5.05. The van der Waals surface area contributed by atoms with E-state index in [1.165, 1.54) is 0 Å². The molecular weight excluding hydrogens is 164 g/mol. The highest BCUT2D eigenvalue weighted by atomic mass is 16.5. The molecule has 0 spiro atoms. The Morgan fingerprint density at radius 2 is 1.85 bits per heavy atom. The maximum absolute atomic E-state index is 5.47. The second kappa shape index (κ2) is 7.30. The lowest BCUT2D eigenvalue weighted by Gasteiger charge is -2.21. The predicted molar refractivity (Wildman–Crippen MR) is 56.2 cm³/mol. The smallest absolute Gasteiger partial charge is 0.0488 e. The van der Waals surface area contributed by atoms with Gasteiger partial charge in [0.25, 0.3) is 0 Å². The van der Waals surface area contributed by atoms with E-state index in [4.69, 9.17) is 10.6 Å². The summed E-state index contributed by atoms with van der Waals surface area (Å²) in [4.78, 5) is 0. The molecule has 3 heteroatoms. The molecule has 0 saturated carbocycles. The Morgan fingerprint density at radius 3 is 2.23 bits per heavy atom. The number of hydrazine groups is 1. The number of nitrogens with one attached hydrogen (secondary N) is 1. The van der Waals surface area contributed by atoms with E-state index >= 15 is 0 Å². The zero-order valence-corrected chi connectivity index (χ0v) is 9.34. The number of rotatable bonds is 7. The topological polar surface area (TPSA) is 47.3 Å². The standard InChI is InChI=1S/C10H24N2O/c1-8(2)5-10(12-11)6-9(3)7-13-4/h8-10,12H,5-7,11H2,1-4H3. The molecule has 13 heavy (non-hydrogen) atoms. The lowest BCUT2D eigenvalue weighted by molar-refractivity contribution is 0.147. The molecule has 0 radical (unpaired) electrons. The van der Waals surface area contributed by atoms with Crippen molar-refractivity contribution in [2.75, 3.05) is 13.7 Å². The average Bonchev–Trinajstić information content (AvgIpc) is 2.02. The molecule has 0 aliphatic heterocycles. The van der Waals surface area contributed by atoms with Crippen LogP contribution in [0.3, 0.4) is 0 Å². The van der Waals surface area contributed by atoms with Gasteiger partial charge in [0, 0.05) is 19.8 Å². The Hall–Kier alpha value is -0.120. The minimum absolute atomic E-state index is 0.421. The van der Waals surface area contributed by atoms with Gasteiger partial charge in [0.05, 0.1) is 0 Å². The van der Waals surface area contributed by atoms with Crippen molar-refractivity contribution in [1.29, 1.82) is 0 Å². The largest absolute Gasteiger partial charge is 0.384 e. The zero-order valence-electron chi connectivity index (χ0n) is 9.34. The Bertz CT molecular complexity index is 117. The zero-order chi connectivity index (χ0) is 10.3. The van der Waals surface area contributed by atoms with E-state index in [2.05, 4.69) is 26.2 Å². The summed E-state index contributed by atoms with van der Waals surface area (Å²) in [5.41, 5.74) is 2.87. The first-order chi connectivity index (χ1) is 6.10. The van der Waals surface area contributed by atoms with Gasteiger partial charge < -0.3 is 4.74 Å². The van der Waals surface area contributed by atoms with Gasteiger partial charge in [-0.2, -0.15) is 0 Å². The average molecular weight is 188 g/mol. The first kappa shape index (κ1) is 12.9. The summed E-state index contributed by atoms with van der Waals surface area (Å²) >= 11 is 0. The molecule has 80 valence electrons. The van der Waals surface area contributed by atoms with Crippen LogP contribution >= 0.6 is 0 Å². The number of hydrogen-bond donors (Lipinski definition) is 2. The molecule has 0 bridgehead atoms. The van der Waals surface area contributed by atoms with Gasteiger partial charge in [-0.25, -0.2) is 0 Å². The molecule has 0 aliphatic carbocycles. The van der Waals surface area contributed by atoms with E-state index in [1.54, 1.807) is 7.11 Å². The second-order valence-electron chi connectivity index (χ2n) is 4.29. The van der Waals surface area contributed by atoms with Crippen LogP contribution in [0.4, 0.5) is 0 Å². The molecule has 0 heterocycles. The third-order valence-corrected chi connectivity index (χ3v) is 2.13. The Morgan fingerprint density at radius 1 is 1.23 bits per heavy atom. The van der Waals surface area contributed by atoms with E-state index in [1.807, 2.05) is 0 Å². The molecule has 0 rings (SSSR count). The summed E-state index contributed by atoms with van der Waals surface area (Å²) < 4.78 is 5.09. The highest BCUT2D eigenvalue weighted by Gasteiger charge is 2.12. The van der Waals surface area contributed by atoms with Gasteiger partial charge in [-0.05, 0) is 24.7 Å². The molecule has 2 atom stereocenters. The van der Waals surface area contributed by atoms with Crippen LogP contribution in [0.1, 0.15) is 33.6 Å². The lowest BCUT2D eigenvalue weighted by atomic mass is 9.96. The summed E-state index contributed by atoms with van der Waals surface area (Å²) in [7, 11) is 1.74. The summed E-state index contributed by atoms with van der Waals surface area (Å²) in [6.07, 6.45) is 2.22. The summed E-state index contributed by atoms with van der Waals surface area (Å²) in [6.45, 7) is 7.43. The molecule has 0 aromatic heterocycles. The fraction of sp³-hybridized carbons (Fsp3) is 1.00. The normalized spacial score (nSPS) is 16.2. The SMILES string of the molecule is COCC(C)CC(CC(C)C)NN. The maximum Gasteiger partial charge on any atom is 0.0488 e. The molecule has 0 aromatic carbocycles. The highest BCUT2D eigenvalue weighted by molar-refractivity contribution is 4.68. The van der Waals surface area contributed by atoms with Crippen molar-refractivity contribution in [2.24, 2.45) is 17.7 Å². The van der Waals surface area contributed by atoms with Gasteiger partial charge in [-0.15, -0.1) is 0 Å². The number of ether oxygens (including phenoxy) is 1. The minimum atomic E-state index is 0.421. The van der Waals surface area contributed by atoms with Gasteiger partial charge in [0.1, 0.15) is 0 Å². The Kier molecular flexibility index (Phi) is 7.23. The molecule has 0 saturated heterocycles. The van der Waals surface area contributed by atoms with Crippen LogP contribution in [0.15, 0.2) is 0 Å². The van der Waals surface area contributed by atoms with Crippen molar-refractivity contribution in [2.45, 2.75) is 39.7 Å². The second-order valence-corrected chi connectivity index (χ2v) is 4.29. The fourth-order valence-electron chi connectivity index (χ4n) is 1.64. The molecule has 0 aromatic rings. The van der Waals surface area contributed by atoms with E-state index in [-0.39, 0.29) is 0 Å². The molecule has 3 nitrogen and oxygen atoms in total. The molecular formula is C10H24N2O. The van der Waals surface area contributed by atoms with Crippen LogP contribution in [-0.4, -0.2) is 19.8 Å². The van der Waals surface area contributed by atoms with E-state index in [0.717, 1.165) is 19.4 Å². The molecule has 3 N–H and O–H groups in total. The van der Waals surface area contributed by atoms with Crippen LogP contribution < -0.4 is 11.3 Å². The summed E-state index contributed by atoms with van der Waals surface area (Å²) in [6, 6.07) is 0.421. The number of hydrogen-bond acceptors (Lipinski definition) is 3. The van der Waals surface area contributed by atoms with Gasteiger partial charge >= 0.3 is 0 Å². The van der Waals surface area contributed by atoms with Crippen LogP contribution in [0.5, 0.6) is 0 Å². The summed E-state index contributed by atoms with van der Waals surface area (Å²) in [5.74, 6) is 6.74. The van der Waals surface area contributed by atoms with Crippen molar-refractivity contribution < 1.29 is 4.74 Å². The fourth-order valence-corrected chi connectivity index (χ4v) is 1.64. The first-order valence-electron chi connectivity index (χ1n) is 5.05. The Balaban J connectivity index is 3.69. The molecule has 2 unspecified atom stereocenters. The van der Waals surface area contributed by atoms with Crippen LogP contribution in [0.2, 0.25) is 0 Å². The monoisotopic (exact) mass is 188 g/mol. The van der Waals surface area contributed by atoms with Crippen LogP contribution in [-0.2, 0) is 4.74 Å². The third-order valence-electron chi connectivity index (χ3n) is 2.13. The molecule has 0 fully saturated rings. The predicted octanol–water partition coefficient (Wildman–Crippen LogP) is 1.54. The third kappa shape index (κ3) is 6.99. The molecule has 0 aliphatic rings. The van der Waals surface area contributed by atoms with Gasteiger partial charge in [-0.1, -0.05) is 20.8 Å². The van der Waals surface area contributed by atoms with E-state index in [0.29, 0.717) is 17.9 Å². The van der Waals surface area contributed by atoms with Crippen molar-refractivity contribution >= 4 is 0 Å². The van der Waals surface area contributed by atoms with Crippen molar-refractivity contribution in [3.8, 4) is 0 Å². The molecule has 0 amide bonds. The van der Waals surface area contributed by atoms with Gasteiger partial charge in [0.15, 0.2) is 0 Å². The quantitative estimate of drug-likeness (QED) is 0.470. The summed E-state index contributed by atoms with van der Waals surface area (Å²) in [5, 5.41) is 0. The van der Waals surface area contributed by atoms with Crippen molar-refractivity contribution in [3.63, 3.8) is 0 Å². The minimum Gasteiger partial charge on any atom is -0.384 e. The van der Waals surface area contributed by atoms with Crippen molar-refractivity contribution in [1.82, 2.24) is 5.43 Å². The van der Waals surface area contributed by atoms with E-state index in [9.17, 15) is 0 Å². The van der Waals surface area contributed by atoms with Crippen LogP contribution in [0.25, 0.3) is 0 Å². The number of methoxy groups -OCH3 is 1.